The number of hydrogen-bond acceptors (Lipinski definition) is 2. The molecule has 1 saturated heterocycles. The van der Waals surface area contributed by atoms with Crippen LogP contribution >= 0.6 is 0 Å². The van der Waals surface area contributed by atoms with Crippen molar-refractivity contribution in [2.24, 2.45) is 0 Å². The molecule has 0 amide bonds. The van der Waals surface area contributed by atoms with Crippen LogP contribution in [0.15, 0.2) is 30.3 Å². The Bertz CT molecular complexity index is 312. The molecule has 1 fully saturated rings. The number of benzene rings is 1. The van der Waals surface area contributed by atoms with Gasteiger partial charge in [0, 0.05) is 12.1 Å². The van der Waals surface area contributed by atoms with Crippen molar-refractivity contribution < 1.29 is 4.74 Å². The highest BCUT2D eigenvalue weighted by molar-refractivity contribution is 5.20. The molecular formula is C14H21NO. The van der Waals surface area contributed by atoms with E-state index in [4.69, 9.17) is 4.74 Å². The summed E-state index contributed by atoms with van der Waals surface area (Å²) in [6.45, 7) is 6.58. The second kappa shape index (κ2) is 5.35. The van der Waals surface area contributed by atoms with Gasteiger partial charge < -0.3 is 4.74 Å². The van der Waals surface area contributed by atoms with Crippen LogP contribution in [0.4, 0.5) is 0 Å². The fraction of sp³-hybridized carbons (Fsp3) is 0.571. The third-order valence-electron chi connectivity index (χ3n) is 3.40. The van der Waals surface area contributed by atoms with Gasteiger partial charge in [0.2, 0.25) is 0 Å². The lowest BCUT2D eigenvalue weighted by atomic mass is 10.2. The zero-order valence-corrected chi connectivity index (χ0v) is 10.2. The molecule has 0 aromatic heterocycles. The summed E-state index contributed by atoms with van der Waals surface area (Å²) in [4.78, 5) is 2.54. The number of para-hydroxylation sites is 1. The Balaban J connectivity index is 1.81. The lowest BCUT2D eigenvalue weighted by Crippen LogP contribution is -2.39. The first-order chi connectivity index (χ1) is 7.77. The lowest BCUT2D eigenvalue weighted by molar-refractivity contribution is 0.141. The number of rotatable bonds is 4. The van der Waals surface area contributed by atoms with Crippen LogP contribution in [0, 0.1) is 0 Å². The molecule has 0 aliphatic carbocycles. The Morgan fingerprint density at radius 3 is 2.75 bits per heavy atom. The molecule has 2 nitrogen and oxygen atoms in total. The first kappa shape index (κ1) is 11.5. The Morgan fingerprint density at radius 1 is 1.38 bits per heavy atom. The van der Waals surface area contributed by atoms with Gasteiger partial charge in [0.1, 0.15) is 12.4 Å². The van der Waals surface area contributed by atoms with Gasteiger partial charge >= 0.3 is 0 Å². The standard InChI is InChI=1S/C14H21NO/c1-12-7-6-10-15(12)13(2)11-16-14-8-4-3-5-9-14/h3-5,8-9,12-13H,6-7,10-11H2,1-2H3. The lowest BCUT2D eigenvalue weighted by Gasteiger charge is -2.28. The molecule has 0 bridgehead atoms. The topological polar surface area (TPSA) is 12.5 Å². The van der Waals surface area contributed by atoms with Crippen molar-refractivity contribution in [3.05, 3.63) is 30.3 Å². The minimum absolute atomic E-state index is 0.512. The van der Waals surface area contributed by atoms with E-state index in [9.17, 15) is 0 Å². The van der Waals surface area contributed by atoms with Gasteiger partial charge in [0.05, 0.1) is 0 Å². The fourth-order valence-corrected chi connectivity index (χ4v) is 2.44. The minimum atomic E-state index is 0.512. The summed E-state index contributed by atoms with van der Waals surface area (Å²) in [7, 11) is 0. The first-order valence-electron chi connectivity index (χ1n) is 6.21. The van der Waals surface area contributed by atoms with E-state index in [0.717, 1.165) is 18.4 Å². The molecule has 0 spiro atoms. The highest BCUT2D eigenvalue weighted by Crippen LogP contribution is 2.20. The first-order valence-corrected chi connectivity index (χ1v) is 6.21. The molecule has 2 unspecified atom stereocenters. The van der Waals surface area contributed by atoms with Gasteiger partial charge in [-0.3, -0.25) is 4.90 Å². The van der Waals surface area contributed by atoms with E-state index in [1.165, 1.54) is 19.4 Å². The zero-order valence-electron chi connectivity index (χ0n) is 10.2. The van der Waals surface area contributed by atoms with Crippen LogP contribution in [0.2, 0.25) is 0 Å². The fourth-order valence-electron chi connectivity index (χ4n) is 2.44. The summed E-state index contributed by atoms with van der Waals surface area (Å²) in [5.41, 5.74) is 0. The van der Waals surface area contributed by atoms with E-state index >= 15 is 0 Å². The van der Waals surface area contributed by atoms with Gasteiger partial charge in [0.15, 0.2) is 0 Å². The summed E-state index contributed by atoms with van der Waals surface area (Å²) in [6.07, 6.45) is 2.66. The average molecular weight is 219 g/mol. The van der Waals surface area contributed by atoms with Crippen molar-refractivity contribution >= 4 is 0 Å². The van der Waals surface area contributed by atoms with Crippen molar-refractivity contribution in [3.8, 4) is 5.75 Å². The van der Waals surface area contributed by atoms with Gasteiger partial charge in [-0.1, -0.05) is 18.2 Å². The van der Waals surface area contributed by atoms with E-state index < -0.39 is 0 Å². The Hall–Kier alpha value is -1.02. The van der Waals surface area contributed by atoms with Crippen LogP contribution in [0.3, 0.4) is 0 Å². The van der Waals surface area contributed by atoms with Crippen molar-refractivity contribution in [2.45, 2.75) is 38.8 Å². The average Bonchev–Trinajstić information content (AvgIpc) is 2.74. The summed E-state index contributed by atoms with van der Waals surface area (Å²) < 4.78 is 5.79. The van der Waals surface area contributed by atoms with Crippen LogP contribution in [-0.4, -0.2) is 30.1 Å². The monoisotopic (exact) mass is 219 g/mol. The van der Waals surface area contributed by atoms with Crippen LogP contribution in [0.5, 0.6) is 5.75 Å². The highest BCUT2D eigenvalue weighted by atomic mass is 16.5. The molecule has 1 heterocycles. The second-order valence-electron chi connectivity index (χ2n) is 4.70. The van der Waals surface area contributed by atoms with Crippen molar-refractivity contribution in [3.63, 3.8) is 0 Å². The molecule has 2 rings (SSSR count). The number of nitrogens with zero attached hydrogens (tertiary/aromatic N) is 1. The van der Waals surface area contributed by atoms with Crippen molar-refractivity contribution in [2.75, 3.05) is 13.2 Å². The smallest absolute Gasteiger partial charge is 0.119 e. The molecule has 0 radical (unpaired) electrons. The van der Waals surface area contributed by atoms with Gasteiger partial charge in [-0.25, -0.2) is 0 Å². The van der Waals surface area contributed by atoms with Gasteiger partial charge in [-0.2, -0.15) is 0 Å². The highest BCUT2D eigenvalue weighted by Gasteiger charge is 2.24. The van der Waals surface area contributed by atoms with Gasteiger partial charge in [-0.05, 0) is 45.4 Å². The predicted molar refractivity (Wildman–Crippen MR) is 66.8 cm³/mol. The summed E-state index contributed by atoms with van der Waals surface area (Å²) in [6, 6.07) is 11.3. The maximum Gasteiger partial charge on any atom is 0.119 e. The van der Waals surface area contributed by atoms with E-state index in [0.29, 0.717) is 6.04 Å². The quantitative estimate of drug-likeness (QED) is 0.772. The Kier molecular flexibility index (Phi) is 3.83. The summed E-state index contributed by atoms with van der Waals surface area (Å²) in [5, 5.41) is 0. The van der Waals surface area contributed by atoms with Crippen molar-refractivity contribution in [1.82, 2.24) is 4.90 Å². The third-order valence-corrected chi connectivity index (χ3v) is 3.40. The maximum absolute atomic E-state index is 5.79. The molecule has 16 heavy (non-hydrogen) atoms. The van der Waals surface area contributed by atoms with E-state index in [-0.39, 0.29) is 0 Å². The number of likely N-dealkylation sites (tertiary alicyclic amines) is 1. The summed E-state index contributed by atoms with van der Waals surface area (Å²) in [5.74, 6) is 0.973. The SMILES string of the molecule is CC1CCCN1C(C)COc1ccccc1. The van der Waals surface area contributed by atoms with Crippen LogP contribution in [-0.2, 0) is 0 Å². The molecule has 1 aliphatic rings. The largest absolute Gasteiger partial charge is 0.492 e. The number of hydrogen-bond donors (Lipinski definition) is 0. The predicted octanol–water partition coefficient (Wildman–Crippen LogP) is 2.94. The normalized spacial score (nSPS) is 23.2. The van der Waals surface area contributed by atoms with Crippen molar-refractivity contribution in [1.29, 1.82) is 0 Å². The Labute approximate surface area is 98.2 Å². The molecular weight excluding hydrogens is 198 g/mol. The minimum Gasteiger partial charge on any atom is -0.492 e. The maximum atomic E-state index is 5.79. The van der Waals surface area contributed by atoms with Crippen LogP contribution in [0.1, 0.15) is 26.7 Å². The van der Waals surface area contributed by atoms with Gasteiger partial charge in [0.25, 0.3) is 0 Å². The number of ether oxygens (including phenoxy) is 1. The van der Waals surface area contributed by atoms with E-state index in [2.05, 4.69) is 18.7 Å². The van der Waals surface area contributed by atoms with Gasteiger partial charge in [-0.15, -0.1) is 0 Å². The van der Waals surface area contributed by atoms with E-state index in [1.54, 1.807) is 0 Å². The van der Waals surface area contributed by atoms with Crippen LogP contribution in [0.25, 0.3) is 0 Å². The molecule has 1 aromatic carbocycles. The molecule has 1 aromatic rings. The molecule has 0 saturated carbocycles. The summed E-state index contributed by atoms with van der Waals surface area (Å²) >= 11 is 0. The molecule has 1 aliphatic heterocycles. The molecule has 2 heteroatoms. The molecule has 88 valence electrons. The van der Waals surface area contributed by atoms with E-state index in [1.807, 2.05) is 30.3 Å². The Morgan fingerprint density at radius 2 is 2.12 bits per heavy atom. The third kappa shape index (κ3) is 2.76. The molecule has 2 atom stereocenters. The second-order valence-corrected chi connectivity index (χ2v) is 4.70. The van der Waals surface area contributed by atoms with Crippen LogP contribution < -0.4 is 4.74 Å². The zero-order chi connectivity index (χ0) is 11.4. The molecule has 0 N–H and O–H groups in total.